The van der Waals surface area contributed by atoms with Gasteiger partial charge in [0.1, 0.15) is 5.82 Å². The number of nitrogens with zero attached hydrogens (tertiary/aromatic N) is 3. The lowest BCUT2D eigenvalue weighted by atomic mass is 9.93. The van der Waals surface area contributed by atoms with E-state index in [1.165, 1.54) is 44.2 Å². The highest BCUT2D eigenvalue weighted by Gasteiger charge is 2.30. The van der Waals surface area contributed by atoms with Crippen LogP contribution in [0.5, 0.6) is 0 Å². The molecule has 0 amide bonds. The third-order valence-electron chi connectivity index (χ3n) is 9.26. The van der Waals surface area contributed by atoms with Gasteiger partial charge < -0.3 is 4.90 Å². The van der Waals surface area contributed by atoms with Crippen molar-refractivity contribution in [3.05, 3.63) is 152 Å². The fourth-order valence-corrected chi connectivity index (χ4v) is 7.41. The van der Waals surface area contributed by atoms with Crippen LogP contribution in [0.25, 0.3) is 72.3 Å². The van der Waals surface area contributed by atoms with Gasteiger partial charge in [-0.15, -0.1) is 0 Å². The molecule has 8 aromatic rings. The standard InChI is InChI=1S/C41H25N3/c1-3-11-26(12-4-1)41-42-35-19-10-20-37-40(35)44(41)36-24-21-27(25-38(36)43(37)28-13-5-2-6-14-28)29-22-23-34-31-16-8-7-15-30(31)33-18-9-17-32(29)39(33)34/h1-25H. The second-order valence-corrected chi connectivity index (χ2v) is 11.6. The monoisotopic (exact) mass is 559 g/mol. The van der Waals surface area contributed by atoms with Gasteiger partial charge in [0.05, 0.1) is 28.1 Å². The summed E-state index contributed by atoms with van der Waals surface area (Å²) in [5.41, 5.74) is 15.4. The molecule has 0 saturated heterocycles. The Hall–Kier alpha value is -5.93. The van der Waals surface area contributed by atoms with Gasteiger partial charge in [0.25, 0.3) is 0 Å². The molecule has 1 aromatic heterocycles. The number of hydrogen-bond donors (Lipinski definition) is 0. The molecule has 0 atom stereocenters. The van der Waals surface area contributed by atoms with E-state index in [2.05, 4.69) is 161 Å². The van der Waals surface area contributed by atoms with Gasteiger partial charge in [-0.3, -0.25) is 4.57 Å². The van der Waals surface area contributed by atoms with Crippen molar-refractivity contribution in [2.24, 2.45) is 0 Å². The number of aromatic nitrogens is 2. The SMILES string of the molecule is c1ccc(-c2nc3cccc4c3n2-c2ccc(-c3ccc5c6c(cccc36)-c3ccccc3-5)cc2N4c2ccccc2)cc1. The van der Waals surface area contributed by atoms with Crippen molar-refractivity contribution >= 4 is 38.9 Å². The first-order valence-electron chi connectivity index (χ1n) is 15.1. The average molecular weight is 560 g/mol. The van der Waals surface area contributed by atoms with Gasteiger partial charge in [-0.05, 0) is 80.6 Å². The molecule has 0 bridgehead atoms. The Balaban J connectivity index is 1.26. The van der Waals surface area contributed by atoms with E-state index in [1.54, 1.807) is 0 Å². The maximum Gasteiger partial charge on any atom is 0.145 e. The summed E-state index contributed by atoms with van der Waals surface area (Å²) >= 11 is 0. The van der Waals surface area contributed by atoms with Gasteiger partial charge in [-0.2, -0.15) is 0 Å². The molecule has 1 aliphatic carbocycles. The van der Waals surface area contributed by atoms with Crippen LogP contribution in [0.3, 0.4) is 0 Å². The van der Waals surface area contributed by atoms with Crippen LogP contribution in [0.4, 0.5) is 17.1 Å². The average Bonchev–Trinajstić information content (AvgIpc) is 3.64. The Morgan fingerprint density at radius 1 is 0.432 bits per heavy atom. The number of hydrogen-bond acceptors (Lipinski definition) is 2. The molecule has 10 rings (SSSR count). The minimum absolute atomic E-state index is 0.956. The number of anilines is 3. The van der Waals surface area contributed by atoms with Crippen molar-refractivity contribution in [1.82, 2.24) is 9.55 Å². The molecule has 204 valence electrons. The number of rotatable bonds is 3. The molecule has 0 radical (unpaired) electrons. The Labute approximate surface area is 254 Å². The molecule has 1 aliphatic heterocycles. The zero-order valence-corrected chi connectivity index (χ0v) is 23.8. The first kappa shape index (κ1) is 23.6. The van der Waals surface area contributed by atoms with E-state index >= 15 is 0 Å². The van der Waals surface area contributed by atoms with Crippen LogP contribution >= 0.6 is 0 Å². The zero-order valence-electron chi connectivity index (χ0n) is 23.8. The van der Waals surface area contributed by atoms with Crippen molar-refractivity contribution in [3.63, 3.8) is 0 Å². The topological polar surface area (TPSA) is 21.1 Å². The van der Waals surface area contributed by atoms with Gasteiger partial charge >= 0.3 is 0 Å². The van der Waals surface area contributed by atoms with Gasteiger partial charge in [0, 0.05) is 11.3 Å². The molecular formula is C41H25N3. The van der Waals surface area contributed by atoms with E-state index < -0.39 is 0 Å². The molecule has 0 unspecified atom stereocenters. The Morgan fingerprint density at radius 2 is 1.11 bits per heavy atom. The third kappa shape index (κ3) is 3.13. The number of para-hydroxylation sites is 2. The lowest BCUT2D eigenvalue weighted by Gasteiger charge is -2.33. The Morgan fingerprint density at radius 3 is 1.93 bits per heavy atom. The molecule has 3 heteroatoms. The van der Waals surface area contributed by atoms with E-state index in [9.17, 15) is 0 Å². The van der Waals surface area contributed by atoms with E-state index in [1.807, 2.05) is 0 Å². The number of fused-ring (bicyclic) bond motifs is 5. The van der Waals surface area contributed by atoms with E-state index in [0.717, 1.165) is 45.2 Å². The summed E-state index contributed by atoms with van der Waals surface area (Å²) < 4.78 is 2.35. The fraction of sp³-hybridized carbons (Fsp3) is 0. The molecule has 44 heavy (non-hydrogen) atoms. The summed E-state index contributed by atoms with van der Waals surface area (Å²) in [7, 11) is 0. The van der Waals surface area contributed by atoms with E-state index in [0.29, 0.717) is 0 Å². The van der Waals surface area contributed by atoms with Crippen LogP contribution in [0.2, 0.25) is 0 Å². The van der Waals surface area contributed by atoms with Crippen LogP contribution in [0, 0.1) is 0 Å². The maximum absolute atomic E-state index is 5.19. The predicted molar refractivity (Wildman–Crippen MR) is 182 cm³/mol. The van der Waals surface area contributed by atoms with Crippen molar-refractivity contribution in [3.8, 4) is 50.5 Å². The van der Waals surface area contributed by atoms with Crippen molar-refractivity contribution < 1.29 is 0 Å². The fourth-order valence-electron chi connectivity index (χ4n) is 7.41. The molecule has 7 aromatic carbocycles. The van der Waals surface area contributed by atoms with Crippen molar-refractivity contribution in [2.75, 3.05) is 4.90 Å². The van der Waals surface area contributed by atoms with Crippen LogP contribution in [-0.2, 0) is 0 Å². The largest absolute Gasteiger partial charge is 0.306 e. The predicted octanol–water partition coefficient (Wildman–Crippen LogP) is 10.9. The Kier molecular flexibility index (Phi) is 4.72. The second-order valence-electron chi connectivity index (χ2n) is 11.6. The first-order chi connectivity index (χ1) is 21.8. The number of benzene rings is 7. The third-order valence-corrected chi connectivity index (χ3v) is 9.26. The molecule has 0 fully saturated rings. The van der Waals surface area contributed by atoms with E-state index in [-0.39, 0.29) is 0 Å². The summed E-state index contributed by atoms with van der Waals surface area (Å²) in [6, 6.07) is 54.7. The minimum Gasteiger partial charge on any atom is -0.306 e. The highest BCUT2D eigenvalue weighted by Crippen LogP contribution is 2.52. The summed E-state index contributed by atoms with van der Waals surface area (Å²) in [5.74, 6) is 0.956. The summed E-state index contributed by atoms with van der Waals surface area (Å²) in [5, 5.41) is 2.63. The second kappa shape index (κ2) is 8.79. The van der Waals surface area contributed by atoms with Crippen LogP contribution in [-0.4, -0.2) is 9.55 Å². The molecule has 2 aliphatic rings. The van der Waals surface area contributed by atoms with Gasteiger partial charge in [-0.1, -0.05) is 115 Å². The van der Waals surface area contributed by atoms with Crippen LogP contribution in [0.15, 0.2) is 152 Å². The molecule has 2 heterocycles. The highest BCUT2D eigenvalue weighted by molar-refractivity contribution is 6.19. The first-order valence-corrected chi connectivity index (χ1v) is 15.1. The van der Waals surface area contributed by atoms with Crippen LogP contribution < -0.4 is 4.90 Å². The van der Waals surface area contributed by atoms with Crippen molar-refractivity contribution in [1.29, 1.82) is 0 Å². The smallest absolute Gasteiger partial charge is 0.145 e. The summed E-state index contributed by atoms with van der Waals surface area (Å²) in [4.78, 5) is 7.58. The molecule has 0 N–H and O–H groups in total. The normalized spacial score (nSPS) is 12.5. The van der Waals surface area contributed by atoms with Gasteiger partial charge in [0.2, 0.25) is 0 Å². The highest BCUT2D eigenvalue weighted by atomic mass is 15.2. The molecule has 3 nitrogen and oxygen atoms in total. The van der Waals surface area contributed by atoms with Gasteiger partial charge in [-0.25, -0.2) is 4.98 Å². The molecular weight excluding hydrogens is 534 g/mol. The zero-order chi connectivity index (χ0) is 28.8. The maximum atomic E-state index is 5.19. The van der Waals surface area contributed by atoms with Gasteiger partial charge in [0.15, 0.2) is 0 Å². The quantitative estimate of drug-likeness (QED) is 0.215. The Bertz CT molecular complexity index is 2410. The summed E-state index contributed by atoms with van der Waals surface area (Å²) in [6.45, 7) is 0. The molecule has 0 spiro atoms. The lowest BCUT2D eigenvalue weighted by molar-refractivity contribution is 1.06. The lowest BCUT2D eigenvalue weighted by Crippen LogP contribution is -2.18. The number of imidazole rings is 1. The van der Waals surface area contributed by atoms with E-state index in [4.69, 9.17) is 4.98 Å². The van der Waals surface area contributed by atoms with Crippen molar-refractivity contribution in [2.45, 2.75) is 0 Å². The van der Waals surface area contributed by atoms with Crippen LogP contribution in [0.1, 0.15) is 0 Å². The molecule has 0 saturated carbocycles. The summed E-state index contributed by atoms with van der Waals surface area (Å²) in [6.07, 6.45) is 0. The minimum atomic E-state index is 0.956.